The van der Waals surface area contributed by atoms with Crippen LogP contribution >= 0.6 is 0 Å². The highest BCUT2D eigenvalue weighted by Gasteiger charge is 2.03. The Hall–Kier alpha value is -1.26. The largest absolute Gasteiger partial charge is 0.449 e. The summed E-state index contributed by atoms with van der Waals surface area (Å²) >= 11 is 0. The van der Waals surface area contributed by atoms with Crippen molar-refractivity contribution in [3.63, 3.8) is 0 Å². The molecule has 17 heavy (non-hydrogen) atoms. The average Bonchev–Trinajstić information content (AvgIpc) is 2.31. The molecule has 2 amide bonds. The maximum Gasteiger partial charge on any atom is 0.426 e. The summed E-state index contributed by atoms with van der Waals surface area (Å²) in [5.41, 5.74) is 4.49. The van der Waals surface area contributed by atoms with E-state index in [-0.39, 0.29) is 5.91 Å². The highest BCUT2D eigenvalue weighted by molar-refractivity contribution is 5.78. The lowest BCUT2D eigenvalue weighted by molar-refractivity contribution is -0.122. The minimum atomic E-state index is -0.621. The molecule has 0 aromatic carbocycles. The summed E-state index contributed by atoms with van der Waals surface area (Å²) in [4.78, 5) is 22.1. The molecule has 0 aliphatic heterocycles. The monoisotopic (exact) mass is 244 g/mol. The van der Waals surface area contributed by atoms with Crippen LogP contribution < -0.4 is 10.9 Å². The normalized spacial score (nSPS) is 9.76. The third-order valence-electron chi connectivity index (χ3n) is 2.34. The van der Waals surface area contributed by atoms with E-state index >= 15 is 0 Å². The number of nitrogens with one attached hydrogen (secondary N) is 2. The zero-order chi connectivity index (χ0) is 12.9. The van der Waals surface area contributed by atoms with E-state index in [2.05, 4.69) is 22.5 Å². The molecular weight excluding hydrogens is 220 g/mol. The summed E-state index contributed by atoms with van der Waals surface area (Å²) in [6.45, 7) is 4.17. The predicted octanol–water partition coefficient (Wildman–Crippen LogP) is 2.51. The maximum absolute atomic E-state index is 11.3. The van der Waals surface area contributed by atoms with Crippen molar-refractivity contribution in [2.24, 2.45) is 0 Å². The van der Waals surface area contributed by atoms with Gasteiger partial charge in [-0.2, -0.15) is 0 Å². The molecule has 0 spiro atoms. The molecule has 5 nitrogen and oxygen atoms in total. The summed E-state index contributed by atoms with van der Waals surface area (Å²) in [5.74, 6) is -0.173. The van der Waals surface area contributed by atoms with Gasteiger partial charge in [0.15, 0.2) is 0 Å². The zero-order valence-corrected chi connectivity index (χ0v) is 10.9. The second kappa shape index (κ2) is 11.2. The van der Waals surface area contributed by atoms with E-state index in [1.165, 1.54) is 25.7 Å². The van der Waals surface area contributed by atoms with Crippen LogP contribution in [-0.2, 0) is 9.53 Å². The molecule has 0 radical (unpaired) electrons. The first-order valence-electron chi connectivity index (χ1n) is 6.42. The number of hydrogen-bond acceptors (Lipinski definition) is 3. The van der Waals surface area contributed by atoms with Crippen LogP contribution in [0.25, 0.3) is 0 Å². The molecule has 0 saturated heterocycles. The standard InChI is InChI=1S/C12H24N2O3/c1-3-5-6-7-8-9-10-11(15)13-14-12(16)17-4-2/h3-10H2,1-2H3,(H,13,15)(H,14,16). The summed E-state index contributed by atoms with van der Waals surface area (Å²) in [7, 11) is 0. The molecule has 0 unspecified atom stereocenters. The minimum absolute atomic E-state index is 0.173. The summed E-state index contributed by atoms with van der Waals surface area (Å²) in [5, 5.41) is 0. The summed E-state index contributed by atoms with van der Waals surface area (Å²) in [6, 6.07) is 0. The Kier molecular flexibility index (Phi) is 10.4. The summed E-state index contributed by atoms with van der Waals surface area (Å²) < 4.78 is 4.60. The van der Waals surface area contributed by atoms with Crippen molar-refractivity contribution in [1.29, 1.82) is 0 Å². The molecule has 0 aromatic rings. The Morgan fingerprint density at radius 3 is 2.24 bits per heavy atom. The molecule has 0 rings (SSSR count). The molecule has 5 heteroatoms. The number of hydrogen-bond donors (Lipinski definition) is 2. The van der Waals surface area contributed by atoms with E-state index < -0.39 is 6.09 Å². The van der Waals surface area contributed by atoms with Gasteiger partial charge in [0, 0.05) is 6.42 Å². The molecular formula is C12H24N2O3. The molecule has 0 saturated carbocycles. The maximum atomic E-state index is 11.3. The van der Waals surface area contributed by atoms with Crippen molar-refractivity contribution in [2.75, 3.05) is 6.61 Å². The van der Waals surface area contributed by atoms with Crippen LogP contribution in [0.5, 0.6) is 0 Å². The number of carbonyl (C=O) groups is 2. The van der Waals surface area contributed by atoms with Gasteiger partial charge in [-0.15, -0.1) is 0 Å². The van der Waals surface area contributed by atoms with Gasteiger partial charge in [-0.25, -0.2) is 10.2 Å². The van der Waals surface area contributed by atoms with Crippen LogP contribution in [0.15, 0.2) is 0 Å². The lowest BCUT2D eigenvalue weighted by Crippen LogP contribution is -2.41. The van der Waals surface area contributed by atoms with Crippen LogP contribution in [-0.4, -0.2) is 18.6 Å². The molecule has 0 atom stereocenters. The van der Waals surface area contributed by atoms with Gasteiger partial charge in [0.05, 0.1) is 6.61 Å². The SMILES string of the molecule is CCCCCCCCC(=O)NNC(=O)OCC. The number of amides is 2. The van der Waals surface area contributed by atoms with Crippen LogP contribution in [0.1, 0.15) is 58.8 Å². The van der Waals surface area contributed by atoms with Crippen LogP contribution in [0.2, 0.25) is 0 Å². The molecule has 0 bridgehead atoms. The van der Waals surface area contributed by atoms with E-state index in [0.29, 0.717) is 13.0 Å². The summed E-state index contributed by atoms with van der Waals surface area (Å²) in [6.07, 6.45) is 6.64. The number of carbonyl (C=O) groups excluding carboxylic acids is 2. The minimum Gasteiger partial charge on any atom is -0.449 e. The van der Waals surface area contributed by atoms with Gasteiger partial charge in [0.1, 0.15) is 0 Å². The van der Waals surface area contributed by atoms with Gasteiger partial charge in [0.25, 0.3) is 0 Å². The average molecular weight is 244 g/mol. The van der Waals surface area contributed by atoms with Gasteiger partial charge < -0.3 is 4.74 Å². The van der Waals surface area contributed by atoms with Crippen molar-refractivity contribution in [2.45, 2.75) is 58.8 Å². The number of ether oxygens (including phenoxy) is 1. The Balaban J connectivity index is 3.31. The van der Waals surface area contributed by atoms with Gasteiger partial charge in [-0.1, -0.05) is 39.0 Å². The van der Waals surface area contributed by atoms with Crippen molar-refractivity contribution < 1.29 is 14.3 Å². The Labute approximate surface area is 103 Å². The molecule has 2 N–H and O–H groups in total. The third kappa shape index (κ3) is 11.0. The number of rotatable bonds is 8. The fourth-order valence-electron chi connectivity index (χ4n) is 1.42. The molecule has 100 valence electrons. The first-order valence-corrected chi connectivity index (χ1v) is 6.42. The topological polar surface area (TPSA) is 67.4 Å². The van der Waals surface area contributed by atoms with Crippen molar-refractivity contribution in [3.05, 3.63) is 0 Å². The fraction of sp³-hybridized carbons (Fsp3) is 0.833. The van der Waals surface area contributed by atoms with Gasteiger partial charge in [-0.3, -0.25) is 10.2 Å². The van der Waals surface area contributed by atoms with Gasteiger partial charge in [0.2, 0.25) is 5.91 Å². The van der Waals surface area contributed by atoms with E-state index in [1.54, 1.807) is 6.92 Å². The van der Waals surface area contributed by atoms with Crippen molar-refractivity contribution in [1.82, 2.24) is 10.9 Å². The van der Waals surface area contributed by atoms with Gasteiger partial charge >= 0.3 is 6.09 Å². The predicted molar refractivity (Wildman–Crippen MR) is 66.3 cm³/mol. The van der Waals surface area contributed by atoms with Gasteiger partial charge in [-0.05, 0) is 13.3 Å². The second-order valence-corrected chi connectivity index (χ2v) is 3.91. The molecule has 0 aromatic heterocycles. The highest BCUT2D eigenvalue weighted by atomic mass is 16.5. The first kappa shape index (κ1) is 15.7. The molecule has 0 heterocycles. The van der Waals surface area contributed by atoms with Crippen LogP contribution in [0, 0.1) is 0 Å². The van der Waals surface area contributed by atoms with E-state index in [0.717, 1.165) is 12.8 Å². The lowest BCUT2D eigenvalue weighted by atomic mass is 10.1. The quantitative estimate of drug-likeness (QED) is 0.509. The fourth-order valence-corrected chi connectivity index (χ4v) is 1.42. The zero-order valence-electron chi connectivity index (χ0n) is 10.9. The Morgan fingerprint density at radius 1 is 0.941 bits per heavy atom. The highest BCUT2D eigenvalue weighted by Crippen LogP contribution is 2.06. The second-order valence-electron chi connectivity index (χ2n) is 3.91. The van der Waals surface area contributed by atoms with E-state index in [9.17, 15) is 9.59 Å². The van der Waals surface area contributed by atoms with E-state index in [1.807, 2.05) is 0 Å². The number of unbranched alkanes of at least 4 members (excludes halogenated alkanes) is 5. The Bertz CT molecular complexity index is 220. The molecule has 0 aliphatic carbocycles. The van der Waals surface area contributed by atoms with Crippen LogP contribution in [0.3, 0.4) is 0 Å². The number of hydrazine groups is 1. The Morgan fingerprint density at radius 2 is 1.59 bits per heavy atom. The lowest BCUT2D eigenvalue weighted by Gasteiger charge is -2.06. The van der Waals surface area contributed by atoms with Crippen molar-refractivity contribution in [3.8, 4) is 0 Å². The smallest absolute Gasteiger partial charge is 0.426 e. The molecule has 0 aliphatic rings. The molecule has 0 fully saturated rings. The van der Waals surface area contributed by atoms with Crippen LogP contribution in [0.4, 0.5) is 4.79 Å². The van der Waals surface area contributed by atoms with E-state index in [4.69, 9.17) is 0 Å². The van der Waals surface area contributed by atoms with Crippen molar-refractivity contribution >= 4 is 12.0 Å². The first-order chi connectivity index (χ1) is 8.20. The third-order valence-corrected chi connectivity index (χ3v) is 2.34.